The number of aromatic nitrogens is 2. The van der Waals surface area contributed by atoms with Gasteiger partial charge in [-0.3, -0.25) is 4.68 Å². The molecule has 1 aromatic heterocycles. The molecule has 0 spiro atoms. The molecule has 102 valence electrons. The highest BCUT2D eigenvalue weighted by Gasteiger charge is 2.13. The number of nitrogens with zero attached hydrogens (tertiary/aromatic N) is 3. The molecule has 0 aromatic carbocycles. The molecule has 4 nitrogen and oxygen atoms in total. The van der Waals surface area contributed by atoms with Gasteiger partial charge in [-0.1, -0.05) is 0 Å². The maximum absolute atomic E-state index is 4.65. The molecule has 0 amide bonds. The van der Waals surface area contributed by atoms with Crippen LogP contribution in [-0.4, -0.2) is 41.4 Å². The highest BCUT2D eigenvalue weighted by Crippen LogP contribution is 2.14. The van der Waals surface area contributed by atoms with E-state index in [1.807, 2.05) is 7.05 Å². The normalized spacial score (nSPS) is 16.6. The third-order valence-corrected chi connectivity index (χ3v) is 3.93. The largest absolute Gasteiger partial charge is 0.316 e. The summed E-state index contributed by atoms with van der Waals surface area (Å²) in [6.07, 6.45) is 3.97. The zero-order valence-electron chi connectivity index (χ0n) is 12.0. The van der Waals surface area contributed by atoms with Crippen LogP contribution in [0.15, 0.2) is 0 Å². The Morgan fingerprint density at radius 1 is 1.17 bits per heavy atom. The van der Waals surface area contributed by atoms with E-state index in [4.69, 9.17) is 0 Å². The molecule has 2 heterocycles. The van der Waals surface area contributed by atoms with Crippen LogP contribution >= 0.6 is 0 Å². The molecule has 0 radical (unpaired) electrons. The molecule has 0 saturated carbocycles. The van der Waals surface area contributed by atoms with Gasteiger partial charge < -0.3 is 10.2 Å². The average molecular weight is 250 g/mol. The monoisotopic (exact) mass is 250 g/mol. The standard InChI is InChI=1S/C14H26N4/c1-12-14(11-15-3)13(2)18(16-12)10-6-9-17-7-4-5-8-17/h15H,4-11H2,1-3H3. The maximum atomic E-state index is 4.65. The van der Waals surface area contributed by atoms with E-state index >= 15 is 0 Å². The predicted molar refractivity (Wildman–Crippen MR) is 74.8 cm³/mol. The minimum Gasteiger partial charge on any atom is -0.316 e. The van der Waals surface area contributed by atoms with Crippen molar-refractivity contribution in [1.82, 2.24) is 20.0 Å². The molecule has 1 saturated heterocycles. The molecular weight excluding hydrogens is 224 g/mol. The molecule has 0 atom stereocenters. The minimum absolute atomic E-state index is 0.920. The molecule has 1 aromatic rings. The molecule has 1 N–H and O–H groups in total. The zero-order chi connectivity index (χ0) is 13.0. The first-order valence-corrected chi connectivity index (χ1v) is 7.12. The number of hydrogen-bond acceptors (Lipinski definition) is 3. The molecule has 18 heavy (non-hydrogen) atoms. The van der Waals surface area contributed by atoms with Crippen LogP contribution in [0.1, 0.15) is 36.2 Å². The number of likely N-dealkylation sites (tertiary alicyclic amines) is 1. The summed E-state index contributed by atoms with van der Waals surface area (Å²) in [5.74, 6) is 0. The quantitative estimate of drug-likeness (QED) is 0.834. The summed E-state index contributed by atoms with van der Waals surface area (Å²) in [6, 6.07) is 0. The highest BCUT2D eigenvalue weighted by atomic mass is 15.3. The van der Waals surface area contributed by atoms with Gasteiger partial charge in [0.25, 0.3) is 0 Å². The van der Waals surface area contributed by atoms with Crippen molar-refractivity contribution in [3.8, 4) is 0 Å². The molecule has 1 aliphatic rings. The lowest BCUT2D eigenvalue weighted by Crippen LogP contribution is -2.22. The number of rotatable bonds is 6. The van der Waals surface area contributed by atoms with Crippen molar-refractivity contribution in [2.24, 2.45) is 0 Å². The molecule has 1 aliphatic heterocycles. The molecule has 0 bridgehead atoms. The van der Waals surface area contributed by atoms with Crippen LogP contribution in [0.4, 0.5) is 0 Å². The van der Waals surface area contributed by atoms with Crippen LogP contribution in [0, 0.1) is 13.8 Å². The summed E-state index contributed by atoms with van der Waals surface area (Å²) in [6.45, 7) is 10.1. The summed E-state index contributed by atoms with van der Waals surface area (Å²) in [5, 5.41) is 7.87. The van der Waals surface area contributed by atoms with E-state index in [-0.39, 0.29) is 0 Å². The van der Waals surface area contributed by atoms with Gasteiger partial charge in [0.05, 0.1) is 5.69 Å². The first-order valence-electron chi connectivity index (χ1n) is 7.12. The number of nitrogens with one attached hydrogen (secondary N) is 1. The van der Waals surface area contributed by atoms with Crippen LogP contribution < -0.4 is 5.32 Å². The Morgan fingerprint density at radius 3 is 2.56 bits per heavy atom. The van der Waals surface area contributed by atoms with Gasteiger partial charge in [-0.05, 0) is 59.8 Å². The molecule has 4 heteroatoms. The van der Waals surface area contributed by atoms with Crippen LogP contribution in [-0.2, 0) is 13.1 Å². The van der Waals surface area contributed by atoms with Gasteiger partial charge in [0, 0.05) is 24.3 Å². The first-order chi connectivity index (χ1) is 8.72. The lowest BCUT2D eigenvalue weighted by atomic mass is 10.2. The van der Waals surface area contributed by atoms with Crippen molar-refractivity contribution >= 4 is 0 Å². The van der Waals surface area contributed by atoms with E-state index in [1.54, 1.807) is 0 Å². The summed E-state index contributed by atoms with van der Waals surface area (Å²) < 4.78 is 2.18. The van der Waals surface area contributed by atoms with Crippen molar-refractivity contribution in [2.75, 3.05) is 26.7 Å². The maximum Gasteiger partial charge on any atom is 0.0641 e. The van der Waals surface area contributed by atoms with Crippen molar-refractivity contribution in [2.45, 2.75) is 46.2 Å². The Labute approximate surface area is 110 Å². The third kappa shape index (κ3) is 3.12. The van der Waals surface area contributed by atoms with Crippen LogP contribution in [0.3, 0.4) is 0 Å². The van der Waals surface area contributed by atoms with Gasteiger partial charge in [0.1, 0.15) is 0 Å². The van der Waals surface area contributed by atoms with Crippen LogP contribution in [0.5, 0.6) is 0 Å². The van der Waals surface area contributed by atoms with Crippen molar-refractivity contribution in [3.05, 3.63) is 17.0 Å². The van der Waals surface area contributed by atoms with Crippen LogP contribution in [0.25, 0.3) is 0 Å². The predicted octanol–water partition coefficient (Wildman–Crippen LogP) is 1.71. The lowest BCUT2D eigenvalue weighted by Gasteiger charge is -2.14. The molecule has 0 unspecified atom stereocenters. The van der Waals surface area contributed by atoms with E-state index in [0.717, 1.165) is 13.1 Å². The van der Waals surface area contributed by atoms with E-state index in [1.165, 1.54) is 55.8 Å². The lowest BCUT2D eigenvalue weighted by molar-refractivity contribution is 0.321. The van der Waals surface area contributed by atoms with Gasteiger partial charge in [0.2, 0.25) is 0 Å². The Kier molecular flexibility index (Phi) is 4.78. The van der Waals surface area contributed by atoms with Crippen LogP contribution in [0.2, 0.25) is 0 Å². The SMILES string of the molecule is CNCc1c(C)nn(CCCN2CCCC2)c1C. The Bertz CT molecular complexity index is 377. The second kappa shape index (κ2) is 6.34. The smallest absolute Gasteiger partial charge is 0.0641 e. The first kappa shape index (κ1) is 13.6. The Balaban J connectivity index is 1.86. The highest BCUT2D eigenvalue weighted by molar-refractivity contribution is 5.24. The van der Waals surface area contributed by atoms with Gasteiger partial charge >= 0.3 is 0 Å². The van der Waals surface area contributed by atoms with Gasteiger partial charge in [-0.15, -0.1) is 0 Å². The summed E-state index contributed by atoms with van der Waals surface area (Å²) >= 11 is 0. The van der Waals surface area contributed by atoms with E-state index < -0.39 is 0 Å². The van der Waals surface area contributed by atoms with E-state index in [0.29, 0.717) is 0 Å². The van der Waals surface area contributed by atoms with Gasteiger partial charge in [-0.2, -0.15) is 5.10 Å². The zero-order valence-corrected chi connectivity index (χ0v) is 12.0. The van der Waals surface area contributed by atoms with E-state index in [9.17, 15) is 0 Å². The minimum atomic E-state index is 0.920. The van der Waals surface area contributed by atoms with Gasteiger partial charge in [0.15, 0.2) is 0 Å². The fourth-order valence-electron chi connectivity index (χ4n) is 2.83. The summed E-state index contributed by atoms with van der Waals surface area (Å²) in [7, 11) is 1.99. The fourth-order valence-corrected chi connectivity index (χ4v) is 2.83. The average Bonchev–Trinajstić information content (AvgIpc) is 2.94. The number of aryl methyl sites for hydroxylation is 2. The molecule has 0 aliphatic carbocycles. The number of hydrogen-bond donors (Lipinski definition) is 1. The summed E-state index contributed by atoms with van der Waals surface area (Å²) in [5.41, 5.74) is 3.85. The topological polar surface area (TPSA) is 33.1 Å². The van der Waals surface area contributed by atoms with E-state index in [2.05, 4.69) is 33.8 Å². The Hall–Kier alpha value is -0.870. The summed E-state index contributed by atoms with van der Waals surface area (Å²) in [4.78, 5) is 2.57. The van der Waals surface area contributed by atoms with Crippen molar-refractivity contribution in [3.63, 3.8) is 0 Å². The van der Waals surface area contributed by atoms with Crippen molar-refractivity contribution in [1.29, 1.82) is 0 Å². The molecule has 1 fully saturated rings. The van der Waals surface area contributed by atoms with Gasteiger partial charge in [-0.25, -0.2) is 0 Å². The Morgan fingerprint density at radius 2 is 1.89 bits per heavy atom. The second-order valence-electron chi connectivity index (χ2n) is 5.31. The molecule has 2 rings (SSSR count). The third-order valence-electron chi connectivity index (χ3n) is 3.93. The second-order valence-corrected chi connectivity index (χ2v) is 5.31. The fraction of sp³-hybridized carbons (Fsp3) is 0.786. The van der Waals surface area contributed by atoms with Crippen molar-refractivity contribution < 1.29 is 0 Å². The molecular formula is C14H26N4.